The van der Waals surface area contributed by atoms with E-state index in [2.05, 4.69) is 20.3 Å². The summed E-state index contributed by atoms with van der Waals surface area (Å²) in [6.45, 7) is 8.78. The molecular weight excluding hydrogens is 625 g/mol. The van der Waals surface area contributed by atoms with Gasteiger partial charge in [0, 0.05) is 28.7 Å². The van der Waals surface area contributed by atoms with Gasteiger partial charge in [0.25, 0.3) is 0 Å². The topological polar surface area (TPSA) is 145 Å². The van der Waals surface area contributed by atoms with Crippen LogP contribution in [0.5, 0.6) is 0 Å². The number of aromatic nitrogens is 1. The van der Waals surface area contributed by atoms with Crippen LogP contribution in [-0.2, 0) is 30.4 Å². The number of hydrogen-bond acceptors (Lipinski definition) is 9. The molecule has 1 saturated carbocycles. The molecule has 16 heteroatoms. The smallest absolute Gasteiger partial charge is 0.434 e. The van der Waals surface area contributed by atoms with Gasteiger partial charge in [0.1, 0.15) is 0 Å². The minimum atomic E-state index is -4.87. The van der Waals surface area contributed by atoms with Crippen molar-refractivity contribution in [3.8, 4) is 10.4 Å². The maximum Gasteiger partial charge on any atom is 0.434 e. The summed E-state index contributed by atoms with van der Waals surface area (Å²) in [5.41, 5.74) is -2.30. The summed E-state index contributed by atoms with van der Waals surface area (Å²) in [6.07, 6.45) is -5.01. The Balaban J connectivity index is 1.64. The van der Waals surface area contributed by atoms with Gasteiger partial charge in [-0.3, -0.25) is 5.32 Å². The Hall–Kier alpha value is -2.95. The van der Waals surface area contributed by atoms with Crippen molar-refractivity contribution in [2.24, 2.45) is 0 Å². The second kappa shape index (κ2) is 13.2. The molecule has 2 aliphatic rings. The average molecular weight is 663 g/mol. The first-order valence-corrected chi connectivity index (χ1v) is 16.5. The number of carbonyl (C=O) groups is 2. The molecule has 1 aromatic carbocycles. The van der Waals surface area contributed by atoms with Crippen LogP contribution in [0.3, 0.4) is 0 Å². The molecule has 11 nitrogen and oxygen atoms in total. The Morgan fingerprint density at radius 3 is 2.27 bits per heavy atom. The minimum Gasteiger partial charge on any atom is -0.447 e. The van der Waals surface area contributed by atoms with Gasteiger partial charge in [0.05, 0.1) is 34.1 Å². The van der Waals surface area contributed by atoms with Gasteiger partial charge in [0.2, 0.25) is 10.0 Å². The molecule has 1 aliphatic heterocycles. The number of ether oxygens (including phenoxy) is 3. The van der Waals surface area contributed by atoms with Crippen LogP contribution in [0.2, 0.25) is 0 Å². The number of alkyl carbamates (subject to hydrolysis) is 1. The Morgan fingerprint density at radius 1 is 1.07 bits per heavy atom. The van der Waals surface area contributed by atoms with Gasteiger partial charge in [-0.2, -0.15) is 13.2 Å². The highest BCUT2D eigenvalue weighted by Gasteiger charge is 2.41. The van der Waals surface area contributed by atoms with E-state index in [1.165, 1.54) is 12.1 Å². The summed E-state index contributed by atoms with van der Waals surface area (Å²) < 4.78 is 87.9. The number of amides is 2. The number of thiazole rings is 1. The zero-order valence-corrected chi connectivity index (χ0v) is 26.7. The Kier molecular flexibility index (Phi) is 10.2. The zero-order chi connectivity index (χ0) is 32.4. The third-order valence-electron chi connectivity index (χ3n) is 6.74. The highest BCUT2D eigenvalue weighted by atomic mass is 32.2. The van der Waals surface area contributed by atoms with Gasteiger partial charge in [-0.15, -0.1) is 11.3 Å². The number of benzene rings is 1. The SMILES string of the molecule is CC(C)OC(=O)Nc1ccc(-c2sc([C@H]3CC[C@H](NC(=O)OC4COC4)CC3)nc2C(F)(F)F)c(S(=O)(=O)NC(C)(C)C)c1. The number of nitrogens with one attached hydrogen (secondary N) is 3. The first kappa shape index (κ1) is 33.9. The summed E-state index contributed by atoms with van der Waals surface area (Å²) in [5, 5.41) is 5.46. The lowest BCUT2D eigenvalue weighted by atomic mass is 9.86. The number of alkyl halides is 3. The van der Waals surface area contributed by atoms with Crippen LogP contribution in [0.15, 0.2) is 23.1 Å². The number of sulfonamides is 1. The summed E-state index contributed by atoms with van der Waals surface area (Å²) in [6, 6.07) is 3.46. The molecule has 244 valence electrons. The van der Waals surface area contributed by atoms with Crippen LogP contribution < -0.4 is 15.4 Å². The molecule has 2 amide bonds. The number of nitrogens with zero attached hydrogens (tertiary/aromatic N) is 1. The van der Waals surface area contributed by atoms with Crippen molar-refractivity contribution in [1.82, 2.24) is 15.0 Å². The van der Waals surface area contributed by atoms with Crippen molar-refractivity contribution in [2.75, 3.05) is 18.5 Å². The maximum atomic E-state index is 14.4. The molecule has 0 radical (unpaired) electrons. The van der Waals surface area contributed by atoms with E-state index in [1.807, 2.05) is 0 Å². The number of rotatable bonds is 8. The summed E-state index contributed by atoms with van der Waals surface area (Å²) in [5.74, 6) is -0.316. The summed E-state index contributed by atoms with van der Waals surface area (Å²) in [4.78, 5) is 27.5. The van der Waals surface area contributed by atoms with Gasteiger partial charge in [-0.05, 0) is 72.4 Å². The predicted molar refractivity (Wildman–Crippen MR) is 157 cm³/mol. The average Bonchev–Trinajstić information content (AvgIpc) is 3.31. The molecule has 1 saturated heterocycles. The molecule has 1 aliphatic carbocycles. The Labute approximate surface area is 258 Å². The highest BCUT2D eigenvalue weighted by Crippen LogP contribution is 2.46. The molecule has 0 bridgehead atoms. The van der Waals surface area contributed by atoms with E-state index in [9.17, 15) is 31.2 Å². The summed E-state index contributed by atoms with van der Waals surface area (Å²) in [7, 11) is -4.37. The lowest BCUT2D eigenvalue weighted by molar-refractivity contribution is -0.140. The number of hydrogen-bond donors (Lipinski definition) is 3. The van der Waals surface area contributed by atoms with E-state index >= 15 is 0 Å². The molecular formula is C28H37F3N4O7S2. The van der Waals surface area contributed by atoms with Crippen molar-refractivity contribution in [3.63, 3.8) is 0 Å². The Morgan fingerprint density at radius 2 is 1.73 bits per heavy atom. The maximum absolute atomic E-state index is 14.4. The van der Waals surface area contributed by atoms with Crippen molar-refractivity contribution < 1.29 is 45.4 Å². The second-order valence-electron chi connectivity index (χ2n) is 12.1. The largest absolute Gasteiger partial charge is 0.447 e. The van der Waals surface area contributed by atoms with Crippen LogP contribution >= 0.6 is 11.3 Å². The van der Waals surface area contributed by atoms with Gasteiger partial charge in [0.15, 0.2) is 11.8 Å². The van der Waals surface area contributed by atoms with Gasteiger partial charge in [-0.1, -0.05) is 6.07 Å². The Bertz CT molecular complexity index is 1460. The van der Waals surface area contributed by atoms with E-state index in [4.69, 9.17) is 14.2 Å². The molecule has 44 heavy (non-hydrogen) atoms. The van der Waals surface area contributed by atoms with E-state index < -0.39 is 50.6 Å². The van der Waals surface area contributed by atoms with Gasteiger partial charge >= 0.3 is 18.4 Å². The fourth-order valence-electron chi connectivity index (χ4n) is 4.83. The van der Waals surface area contributed by atoms with Crippen molar-refractivity contribution >= 4 is 39.2 Å². The molecule has 2 heterocycles. The lowest BCUT2D eigenvalue weighted by Crippen LogP contribution is -2.44. The lowest BCUT2D eigenvalue weighted by Gasteiger charge is -2.30. The van der Waals surface area contributed by atoms with Crippen LogP contribution in [0.1, 0.15) is 76.9 Å². The third-order valence-corrected chi connectivity index (χ3v) is 9.79. The molecule has 4 rings (SSSR count). The van der Waals surface area contributed by atoms with Crippen molar-refractivity contribution in [1.29, 1.82) is 0 Å². The quantitative estimate of drug-likeness (QED) is 0.312. The second-order valence-corrected chi connectivity index (χ2v) is 14.8. The number of anilines is 1. The van der Waals surface area contributed by atoms with Crippen LogP contribution in [0, 0.1) is 0 Å². The normalized spacial score (nSPS) is 19.8. The molecule has 0 atom stereocenters. The van der Waals surface area contributed by atoms with E-state index in [-0.39, 0.29) is 39.2 Å². The zero-order valence-electron chi connectivity index (χ0n) is 25.0. The molecule has 2 fully saturated rings. The highest BCUT2D eigenvalue weighted by molar-refractivity contribution is 7.89. The number of halogens is 3. The van der Waals surface area contributed by atoms with E-state index in [1.54, 1.807) is 34.6 Å². The fraction of sp³-hybridized carbons (Fsp3) is 0.607. The standard InChI is InChI=1S/C28H37F3N4O7S2/c1-15(2)41-25(36)33-18-10-11-20(21(12-18)44(38,39)35-27(3,4)5)22-23(28(29,30)31)34-24(43-22)16-6-8-17(9-7-16)32-26(37)42-19-13-40-14-19/h10-12,15-17,19,35H,6-9,13-14H2,1-5H3,(H,32,37)(H,33,36)/t16-,17-. The third kappa shape index (κ3) is 8.82. The summed E-state index contributed by atoms with van der Waals surface area (Å²) >= 11 is 0.795. The predicted octanol–water partition coefficient (Wildman–Crippen LogP) is 6.01. The number of carbonyl (C=O) groups excluding carboxylic acids is 2. The van der Waals surface area contributed by atoms with E-state index in [0.29, 0.717) is 38.9 Å². The van der Waals surface area contributed by atoms with Crippen LogP contribution in [0.4, 0.5) is 28.4 Å². The molecule has 1 aromatic heterocycles. The van der Waals surface area contributed by atoms with E-state index in [0.717, 1.165) is 17.4 Å². The molecule has 0 unspecified atom stereocenters. The van der Waals surface area contributed by atoms with Crippen LogP contribution in [-0.4, -0.2) is 62.6 Å². The minimum absolute atomic E-state index is 0.0289. The van der Waals surface area contributed by atoms with Crippen LogP contribution in [0.25, 0.3) is 10.4 Å². The van der Waals surface area contributed by atoms with Crippen molar-refractivity contribution in [2.45, 2.75) is 101 Å². The fourth-order valence-corrected chi connectivity index (χ4v) is 7.85. The monoisotopic (exact) mass is 662 g/mol. The first-order valence-electron chi connectivity index (χ1n) is 14.2. The van der Waals surface area contributed by atoms with Crippen molar-refractivity contribution in [3.05, 3.63) is 28.9 Å². The van der Waals surface area contributed by atoms with Gasteiger partial charge < -0.3 is 19.5 Å². The first-order chi connectivity index (χ1) is 20.4. The molecule has 0 spiro atoms. The van der Waals surface area contributed by atoms with Gasteiger partial charge in [-0.25, -0.2) is 27.7 Å². The molecule has 2 aromatic rings. The molecule has 3 N–H and O–H groups in total.